The van der Waals surface area contributed by atoms with Gasteiger partial charge in [0, 0.05) is 15.3 Å². The van der Waals surface area contributed by atoms with E-state index in [1.54, 1.807) is 18.2 Å². The first-order valence-electron chi connectivity index (χ1n) is 6.17. The lowest BCUT2D eigenvalue weighted by atomic mass is 10.2. The summed E-state index contributed by atoms with van der Waals surface area (Å²) in [6.07, 6.45) is 1.86. The van der Waals surface area contributed by atoms with Crippen molar-refractivity contribution in [1.29, 1.82) is 0 Å². The van der Waals surface area contributed by atoms with Crippen LogP contribution in [0.3, 0.4) is 0 Å². The maximum atomic E-state index is 12.1. The molecular weight excluding hydrogens is 403 g/mol. The minimum Gasteiger partial charge on any atom is -0.345 e. The van der Waals surface area contributed by atoms with Crippen LogP contribution in [0.25, 0.3) is 5.65 Å². The Morgan fingerprint density at radius 3 is 2.95 bits per heavy atom. The Bertz CT molecular complexity index is 818. The molecule has 0 aliphatic carbocycles. The van der Waals surface area contributed by atoms with E-state index in [1.165, 1.54) is 0 Å². The van der Waals surface area contributed by atoms with Crippen LogP contribution in [-0.2, 0) is 6.54 Å². The van der Waals surface area contributed by atoms with Gasteiger partial charge in [-0.15, -0.1) is 10.2 Å². The van der Waals surface area contributed by atoms with Gasteiger partial charge in [0.1, 0.15) is 0 Å². The van der Waals surface area contributed by atoms with E-state index in [4.69, 9.17) is 11.6 Å². The van der Waals surface area contributed by atoms with Crippen molar-refractivity contribution in [3.8, 4) is 0 Å². The van der Waals surface area contributed by atoms with Crippen molar-refractivity contribution in [2.24, 2.45) is 0 Å². The van der Waals surface area contributed by atoms with Crippen molar-refractivity contribution in [3.05, 3.63) is 62.6 Å². The largest absolute Gasteiger partial charge is 0.345 e. The van der Waals surface area contributed by atoms with E-state index < -0.39 is 0 Å². The molecule has 21 heavy (non-hydrogen) atoms. The number of halogens is 2. The number of pyridine rings is 1. The van der Waals surface area contributed by atoms with E-state index in [0.717, 1.165) is 9.22 Å². The van der Waals surface area contributed by atoms with Gasteiger partial charge in [-0.1, -0.05) is 17.7 Å². The van der Waals surface area contributed by atoms with Gasteiger partial charge in [0.05, 0.1) is 11.6 Å². The monoisotopic (exact) mass is 412 g/mol. The van der Waals surface area contributed by atoms with Crippen molar-refractivity contribution >= 4 is 45.7 Å². The quantitative estimate of drug-likeness (QED) is 0.673. The Balaban J connectivity index is 1.75. The highest BCUT2D eigenvalue weighted by atomic mass is 127. The highest BCUT2D eigenvalue weighted by Crippen LogP contribution is 2.19. The van der Waals surface area contributed by atoms with E-state index in [-0.39, 0.29) is 5.91 Å². The zero-order valence-electron chi connectivity index (χ0n) is 10.8. The molecule has 0 saturated carbocycles. The Morgan fingerprint density at radius 2 is 2.14 bits per heavy atom. The molecule has 0 bridgehead atoms. The van der Waals surface area contributed by atoms with Crippen LogP contribution in [0, 0.1) is 3.57 Å². The second-order valence-electron chi connectivity index (χ2n) is 4.36. The molecule has 0 unspecified atom stereocenters. The van der Waals surface area contributed by atoms with Crippen LogP contribution >= 0.6 is 34.2 Å². The van der Waals surface area contributed by atoms with E-state index in [2.05, 4.69) is 38.1 Å². The molecule has 3 aromatic rings. The van der Waals surface area contributed by atoms with Gasteiger partial charge in [-0.2, -0.15) is 0 Å². The van der Waals surface area contributed by atoms with Crippen LogP contribution in [0.1, 0.15) is 16.2 Å². The molecule has 5 nitrogen and oxygen atoms in total. The van der Waals surface area contributed by atoms with E-state index >= 15 is 0 Å². The van der Waals surface area contributed by atoms with Gasteiger partial charge < -0.3 is 5.32 Å². The number of amides is 1. The first-order valence-corrected chi connectivity index (χ1v) is 7.63. The van der Waals surface area contributed by atoms with Gasteiger partial charge in [-0.05, 0) is 52.9 Å². The summed E-state index contributed by atoms with van der Waals surface area (Å²) in [4.78, 5) is 12.1. The first-order chi connectivity index (χ1) is 10.1. The van der Waals surface area contributed by atoms with Crippen molar-refractivity contribution in [1.82, 2.24) is 19.9 Å². The lowest BCUT2D eigenvalue weighted by Crippen LogP contribution is -2.24. The number of fused-ring (bicyclic) bond motifs is 1. The standard InChI is InChI=1S/C14H10ClIN4O/c15-10-5-4-9(7-11(10)16)14(21)17-8-13-19-18-12-3-1-2-6-20(12)13/h1-7H,8H2,(H,17,21). The zero-order chi connectivity index (χ0) is 14.8. The fraction of sp³-hybridized carbons (Fsp3) is 0.0714. The van der Waals surface area contributed by atoms with E-state index in [1.807, 2.05) is 28.8 Å². The molecule has 1 aromatic carbocycles. The number of hydrogen-bond donors (Lipinski definition) is 1. The Hall–Kier alpha value is -1.67. The van der Waals surface area contributed by atoms with Crippen molar-refractivity contribution < 1.29 is 4.79 Å². The number of carbonyl (C=O) groups excluding carboxylic acids is 1. The lowest BCUT2D eigenvalue weighted by Gasteiger charge is -2.05. The molecule has 0 saturated heterocycles. The predicted molar refractivity (Wildman–Crippen MR) is 88.3 cm³/mol. The zero-order valence-corrected chi connectivity index (χ0v) is 13.7. The number of carbonyl (C=O) groups is 1. The second kappa shape index (κ2) is 5.98. The van der Waals surface area contributed by atoms with Crippen LogP contribution in [0.2, 0.25) is 5.02 Å². The van der Waals surface area contributed by atoms with Crippen molar-refractivity contribution in [2.75, 3.05) is 0 Å². The van der Waals surface area contributed by atoms with Crippen molar-refractivity contribution in [3.63, 3.8) is 0 Å². The maximum Gasteiger partial charge on any atom is 0.251 e. The summed E-state index contributed by atoms with van der Waals surface area (Å²) in [5, 5.41) is 11.6. The summed E-state index contributed by atoms with van der Waals surface area (Å²) in [5.74, 6) is 0.514. The minimum atomic E-state index is -0.169. The van der Waals surface area contributed by atoms with Gasteiger partial charge in [0.2, 0.25) is 0 Å². The normalized spacial score (nSPS) is 10.8. The van der Waals surface area contributed by atoms with E-state index in [9.17, 15) is 4.79 Å². The number of rotatable bonds is 3. The molecule has 0 radical (unpaired) electrons. The molecule has 0 aliphatic heterocycles. The molecule has 2 heterocycles. The molecule has 3 rings (SSSR count). The molecule has 2 aromatic heterocycles. The van der Waals surface area contributed by atoms with Crippen LogP contribution in [-0.4, -0.2) is 20.5 Å². The fourth-order valence-corrected chi connectivity index (χ4v) is 2.54. The topological polar surface area (TPSA) is 59.3 Å². The van der Waals surface area contributed by atoms with Gasteiger partial charge >= 0.3 is 0 Å². The average molecular weight is 413 g/mol. The van der Waals surface area contributed by atoms with Gasteiger partial charge in [0.15, 0.2) is 11.5 Å². The summed E-state index contributed by atoms with van der Waals surface area (Å²) >= 11 is 8.04. The maximum absolute atomic E-state index is 12.1. The SMILES string of the molecule is O=C(NCc1nnc2ccccn12)c1ccc(Cl)c(I)c1. The number of hydrogen-bond acceptors (Lipinski definition) is 3. The Labute approximate surface area is 139 Å². The predicted octanol–water partition coefficient (Wildman–Crippen LogP) is 2.92. The lowest BCUT2D eigenvalue weighted by molar-refractivity contribution is 0.0949. The molecule has 0 fully saturated rings. The summed E-state index contributed by atoms with van der Waals surface area (Å²) in [6, 6.07) is 10.8. The first kappa shape index (κ1) is 14.3. The Morgan fingerprint density at radius 1 is 1.29 bits per heavy atom. The smallest absolute Gasteiger partial charge is 0.251 e. The van der Waals surface area contributed by atoms with Crippen molar-refractivity contribution in [2.45, 2.75) is 6.54 Å². The van der Waals surface area contributed by atoms with Crippen LogP contribution in [0.5, 0.6) is 0 Å². The average Bonchev–Trinajstić information content (AvgIpc) is 2.91. The molecule has 7 heteroatoms. The van der Waals surface area contributed by atoms with Crippen LogP contribution in [0.4, 0.5) is 0 Å². The third kappa shape index (κ3) is 3.01. The molecule has 1 N–H and O–H groups in total. The third-order valence-electron chi connectivity index (χ3n) is 2.97. The minimum absolute atomic E-state index is 0.169. The van der Waals surface area contributed by atoms with Gasteiger partial charge in [-0.25, -0.2) is 0 Å². The molecular formula is C14H10ClIN4O. The molecule has 1 amide bonds. The number of benzene rings is 1. The molecule has 0 aliphatic rings. The van der Waals surface area contributed by atoms with E-state index in [0.29, 0.717) is 23.0 Å². The Kier molecular flexibility index (Phi) is 4.07. The molecule has 106 valence electrons. The summed E-state index contributed by atoms with van der Waals surface area (Å²) in [7, 11) is 0. The van der Waals surface area contributed by atoms with Gasteiger partial charge in [0.25, 0.3) is 5.91 Å². The summed E-state index contributed by atoms with van der Waals surface area (Å²) < 4.78 is 2.68. The highest BCUT2D eigenvalue weighted by molar-refractivity contribution is 14.1. The number of aromatic nitrogens is 3. The summed E-state index contributed by atoms with van der Waals surface area (Å²) in [6.45, 7) is 0.309. The van der Waals surface area contributed by atoms with Crippen LogP contribution < -0.4 is 5.32 Å². The van der Waals surface area contributed by atoms with Crippen LogP contribution in [0.15, 0.2) is 42.6 Å². The second-order valence-corrected chi connectivity index (χ2v) is 5.93. The number of nitrogens with zero attached hydrogens (tertiary/aromatic N) is 3. The molecule has 0 spiro atoms. The fourth-order valence-electron chi connectivity index (χ4n) is 1.91. The highest BCUT2D eigenvalue weighted by Gasteiger charge is 2.10. The third-order valence-corrected chi connectivity index (χ3v) is 4.51. The summed E-state index contributed by atoms with van der Waals surface area (Å²) in [5.41, 5.74) is 1.32. The molecule has 0 atom stereocenters. The number of nitrogens with one attached hydrogen (secondary N) is 1. The van der Waals surface area contributed by atoms with Gasteiger partial charge in [-0.3, -0.25) is 9.20 Å².